The Bertz CT molecular complexity index is 1400. The zero-order chi connectivity index (χ0) is 31.7. The van der Waals surface area contributed by atoms with Gasteiger partial charge in [0.05, 0.1) is 28.4 Å². The highest BCUT2D eigenvalue weighted by atomic mass is 19.3. The first-order valence-electron chi connectivity index (χ1n) is 14.7. The molecule has 2 atom stereocenters. The summed E-state index contributed by atoms with van der Waals surface area (Å²) in [6, 6.07) is 4.17. The molecule has 1 aromatic carbocycles. The van der Waals surface area contributed by atoms with E-state index >= 15 is 0 Å². The normalized spacial score (nSPS) is 20.7. The number of carbonyl (C=O) groups excluding carboxylic acids is 2. The van der Waals surface area contributed by atoms with Crippen LogP contribution in [0.3, 0.4) is 0 Å². The molecule has 2 aliphatic rings. The predicted molar refractivity (Wildman–Crippen MR) is 158 cm³/mol. The summed E-state index contributed by atoms with van der Waals surface area (Å²) in [7, 11) is 2.03. The van der Waals surface area contributed by atoms with E-state index in [1.807, 2.05) is 14.0 Å². The Kier molecular flexibility index (Phi) is 9.48. The van der Waals surface area contributed by atoms with Crippen molar-refractivity contribution in [1.82, 2.24) is 19.7 Å². The van der Waals surface area contributed by atoms with E-state index in [1.54, 1.807) is 25.7 Å². The molecule has 236 valence electrons. The van der Waals surface area contributed by atoms with Crippen LogP contribution >= 0.6 is 0 Å². The van der Waals surface area contributed by atoms with Gasteiger partial charge in [0.25, 0.3) is 17.9 Å². The largest absolute Gasteiger partial charge is 0.444 e. The lowest BCUT2D eigenvalue weighted by molar-refractivity contribution is 0.0276. The van der Waals surface area contributed by atoms with Crippen LogP contribution in [0.15, 0.2) is 35.3 Å². The van der Waals surface area contributed by atoms with E-state index in [1.165, 1.54) is 35.9 Å². The van der Waals surface area contributed by atoms with E-state index in [0.717, 1.165) is 32.0 Å². The van der Waals surface area contributed by atoms with Gasteiger partial charge >= 0.3 is 6.09 Å². The van der Waals surface area contributed by atoms with Crippen LogP contribution in [0.25, 0.3) is 0 Å². The van der Waals surface area contributed by atoms with Crippen LogP contribution in [0, 0.1) is 5.82 Å². The molecule has 2 aromatic rings. The first-order chi connectivity index (χ1) is 20.1. The Labute approximate surface area is 250 Å². The number of piperidine rings is 1. The molecule has 2 saturated heterocycles. The molecule has 3 heterocycles. The molecule has 0 aliphatic carbocycles. The number of likely N-dealkylation sites (tertiary alicyclic amines) is 2. The van der Waals surface area contributed by atoms with Gasteiger partial charge in [-0.05, 0) is 74.0 Å². The maximum Gasteiger partial charge on any atom is 0.410 e. The molecule has 0 saturated carbocycles. The highest BCUT2D eigenvalue weighted by Crippen LogP contribution is 2.31. The number of hydrogen-bond donors (Lipinski definition) is 2. The molecule has 2 fully saturated rings. The Balaban J connectivity index is 1.66. The number of alkyl halides is 2. The number of aromatic nitrogens is 1. The van der Waals surface area contributed by atoms with Crippen molar-refractivity contribution in [3.8, 4) is 0 Å². The molecule has 0 radical (unpaired) electrons. The maximum atomic E-state index is 14.9. The number of benzene rings is 1. The zero-order valence-corrected chi connectivity index (χ0v) is 25.7. The van der Waals surface area contributed by atoms with Crippen molar-refractivity contribution in [2.45, 2.75) is 83.5 Å². The van der Waals surface area contributed by atoms with Crippen molar-refractivity contribution in [2.24, 2.45) is 0 Å². The third-order valence-corrected chi connectivity index (χ3v) is 8.17. The molecule has 0 bridgehead atoms. The van der Waals surface area contributed by atoms with Gasteiger partial charge in [0.15, 0.2) is 0 Å². The lowest BCUT2D eigenvalue weighted by Crippen LogP contribution is -2.44. The van der Waals surface area contributed by atoms with Crippen molar-refractivity contribution in [3.05, 3.63) is 63.3 Å². The van der Waals surface area contributed by atoms with Crippen molar-refractivity contribution < 1.29 is 27.5 Å². The lowest BCUT2D eigenvalue weighted by atomic mass is 9.99. The first kappa shape index (κ1) is 32.4. The van der Waals surface area contributed by atoms with Gasteiger partial charge in [0, 0.05) is 37.0 Å². The Hall–Kier alpha value is -3.54. The minimum Gasteiger partial charge on any atom is -0.444 e. The van der Waals surface area contributed by atoms with Crippen molar-refractivity contribution in [1.29, 1.82) is 0 Å². The van der Waals surface area contributed by atoms with Gasteiger partial charge in [-0.1, -0.05) is 18.2 Å². The van der Waals surface area contributed by atoms with Gasteiger partial charge in [-0.2, -0.15) is 0 Å². The van der Waals surface area contributed by atoms with E-state index < -0.39 is 47.0 Å². The Morgan fingerprint density at radius 3 is 2.40 bits per heavy atom. The number of nitrogens with zero attached hydrogens (tertiary/aromatic N) is 3. The molecule has 12 heteroatoms. The second kappa shape index (κ2) is 12.6. The molecule has 43 heavy (non-hydrogen) atoms. The number of pyridine rings is 1. The number of amides is 2. The van der Waals surface area contributed by atoms with Crippen molar-refractivity contribution in [2.75, 3.05) is 38.5 Å². The number of ether oxygens (including phenoxy) is 1. The third-order valence-electron chi connectivity index (χ3n) is 8.17. The first-order valence-corrected chi connectivity index (χ1v) is 14.7. The summed E-state index contributed by atoms with van der Waals surface area (Å²) in [6.07, 6.45) is 0.0773. The van der Waals surface area contributed by atoms with Crippen molar-refractivity contribution in [3.63, 3.8) is 0 Å². The fourth-order valence-electron chi connectivity index (χ4n) is 5.68. The zero-order valence-electron chi connectivity index (χ0n) is 25.7. The number of anilines is 1. The molecule has 2 N–H and O–H groups in total. The van der Waals surface area contributed by atoms with Gasteiger partial charge in [0.1, 0.15) is 11.4 Å². The van der Waals surface area contributed by atoms with Crippen LogP contribution in [0.2, 0.25) is 0 Å². The molecule has 2 amide bonds. The standard InChI is InChI=1S/C31H42F3N5O4/c1-19(21-8-7-9-22(26(21)32)27(33)34)35-28(41)23-17-39(25(40)16-24(23)36-20-10-13-37(6)14-11-20)31(5)12-15-38(18-31)29(42)43-30(2,3)4/h7-9,16-17,19-20,27,36H,10-15,18H2,1-6H3,(H,35,41). The van der Waals surface area contributed by atoms with Gasteiger partial charge in [-0.15, -0.1) is 0 Å². The van der Waals surface area contributed by atoms with Gasteiger partial charge < -0.3 is 29.7 Å². The van der Waals surface area contributed by atoms with Crippen LogP contribution in [0.1, 0.15) is 87.8 Å². The third kappa shape index (κ3) is 7.52. The van der Waals surface area contributed by atoms with E-state index in [2.05, 4.69) is 15.5 Å². The summed E-state index contributed by atoms with van der Waals surface area (Å²) < 4.78 is 48.5. The SMILES string of the molecule is CC(NC(=O)c1cn(C2(C)CCN(C(=O)OC(C)(C)C)C2)c(=O)cc1NC1CCN(C)CC1)c1cccc(C(F)F)c1F. The van der Waals surface area contributed by atoms with Crippen LogP contribution in [0.4, 0.5) is 23.7 Å². The minimum atomic E-state index is -3.00. The minimum absolute atomic E-state index is 0.0281. The average molecular weight is 606 g/mol. The van der Waals surface area contributed by atoms with Gasteiger partial charge in [-0.25, -0.2) is 18.0 Å². The Morgan fingerprint density at radius 2 is 1.77 bits per heavy atom. The van der Waals surface area contributed by atoms with Crippen LogP contribution in [-0.4, -0.2) is 71.2 Å². The summed E-state index contributed by atoms with van der Waals surface area (Å²) in [5, 5.41) is 6.10. The fraction of sp³-hybridized carbons (Fsp3) is 0.581. The number of halogens is 3. The summed E-state index contributed by atoms with van der Waals surface area (Å²) in [4.78, 5) is 43.8. The van der Waals surface area contributed by atoms with Crippen LogP contribution < -0.4 is 16.2 Å². The second-order valence-corrected chi connectivity index (χ2v) is 12.9. The average Bonchev–Trinajstić information content (AvgIpc) is 3.32. The molecule has 2 aliphatic heterocycles. The maximum absolute atomic E-state index is 14.9. The van der Waals surface area contributed by atoms with Gasteiger partial charge in [-0.3, -0.25) is 9.59 Å². The molecule has 2 unspecified atom stereocenters. The number of nitrogens with one attached hydrogen (secondary N) is 2. The van der Waals surface area contributed by atoms with E-state index in [9.17, 15) is 27.6 Å². The van der Waals surface area contributed by atoms with E-state index in [-0.39, 0.29) is 29.3 Å². The van der Waals surface area contributed by atoms with Crippen LogP contribution in [0.5, 0.6) is 0 Å². The van der Waals surface area contributed by atoms with E-state index in [4.69, 9.17) is 4.74 Å². The summed E-state index contributed by atoms with van der Waals surface area (Å²) >= 11 is 0. The van der Waals surface area contributed by atoms with E-state index in [0.29, 0.717) is 18.7 Å². The monoisotopic (exact) mass is 605 g/mol. The highest BCUT2D eigenvalue weighted by Gasteiger charge is 2.40. The summed E-state index contributed by atoms with van der Waals surface area (Å²) in [6.45, 7) is 11.0. The lowest BCUT2D eigenvalue weighted by Gasteiger charge is -2.32. The molecule has 4 rings (SSSR count). The summed E-state index contributed by atoms with van der Waals surface area (Å²) in [5.41, 5.74) is -2.14. The fourth-order valence-corrected chi connectivity index (χ4v) is 5.68. The molecule has 0 spiro atoms. The number of carbonyl (C=O) groups is 2. The smallest absolute Gasteiger partial charge is 0.410 e. The molecule has 1 aromatic heterocycles. The molecular weight excluding hydrogens is 563 g/mol. The quantitative estimate of drug-likeness (QED) is 0.446. The number of rotatable bonds is 7. The highest BCUT2D eigenvalue weighted by molar-refractivity contribution is 5.99. The predicted octanol–water partition coefficient (Wildman–Crippen LogP) is 5.28. The Morgan fingerprint density at radius 1 is 1.12 bits per heavy atom. The van der Waals surface area contributed by atoms with Crippen molar-refractivity contribution >= 4 is 17.7 Å². The summed E-state index contributed by atoms with van der Waals surface area (Å²) in [5.74, 6) is -1.66. The van der Waals surface area contributed by atoms with Crippen LogP contribution in [-0.2, 0) is 10.3 Å². The number of hydrogen-bond acceptors (Lipinski definition) is 6. The molecule has 9 nitrogen and oxygen atoms in total. The topological polar surface area (TPSA) is 95.9 Å². The molecular formula is C31H42F3N5O4. The second-order valence-electron chi connectivity index (χ2n) is 12.9. The van der Waals surface area contributed by atoms with Gasteiger partial charge in [0.2, 0.25) is 0 Å².